The molecule has 2 bridgehead atoms. The number of piperidine rings is 1. The predicted octanol–water partition coefficient (Wildman–Crippen LogP) is 5.01. The highest BCUT2D eigenvalue weighted by atomic mass is 16.5. The summed E-state index contributed by atoms with van der Waals surface area (Å²) in [6, 6.07) is 10.7. The minimum Gasteiger partial charge on any atom is -0.494 e. The van der Waals surface area contributed by atoms with Crippen molar-refractivity contribution in [1.82, 2.24) is 33.8 Å². The van der Waals surface area contributed by atoms with Gasteiger partial charge in [0, 0.05) is 61.0 Å². The van der Waals surface area contributed by atoms with Crippen molar-refractivity contribution in [2.75, 3.05) is 13.7 Å². The fourth-order valence-electron chi connectivity index (χ4n) is 7.24. The van der Waals surface area contributed by atoms with Crippen molar-refractivity contribution in [2.45, 2.75) is 64.2 Å². The number of carbonyl (C=O) groups excluding carboxylic acids is 1. The van der Waals surface area contributed by atoms with E-state index in [0.717, 1.165) is 70.8 Å². The predicted molar refractivity (Wildman–Crippen MR) is 166 cm³/mol. The number of rotatable bonds is 7. The number of pyridine rings is 1. The van der Waals surface area contributed by atoms with Crippen LogP contribution in [-0.2, 0) is 13.6 Å². The van der Waals surface area contributed by atoms with E-state index in [9.17, 15) is 4.79 Å². The molecule has 1 saturated heterocycles. The zero-order valence-corrected chi connectivity index (χ0v) is 25.2. The molecule has 2 saturated carbocycles. The number of imidazole rings is 1. The maximum Gasteiger partial charge on any atom is 0.254 e. The highest BCUT2D eigenvalue weighted by molar-refractivity contribution is 6.00. The second-order valence-corrected chi connectivity index (χ2v) is 13.0. The summed E-state index contributed by atoms with van der Waals surface area (Å²) < 4.78 is 12.2. The fraction of sp³-hybridized carbons (Fsp3) is 0.455. The summed E-state index contributed by atoms with van der Waals surface area (Å²) in [6.07, 6.45) is 8.49. The molecule has 3 aliphatic rings. The summed E-state index contributed by atoms with van der Waals surface area (Å²) in [5.41, 5.74) is 12.5. The summed E-state index contributed by atoms with van der Waals surface area (Å²) in [5.74, 6) is 2.51. The lowest BCUT2D eigenvalue weighted by molar-refractivity contribution is 0.0700. The lowest BCUT2D eigenvalue weighted by Crippen LogP contribution is -2.41. The number of methoxy groups -OCH3 is 1. The van der Waals surface area contributed by atoms with Crippen LogP contribution in [0.5, 0.6) is 5.75 Å². The SMILES string of the molecule is COc1cc(C(=O)N2CC3CCC2C3N)cc2nc(-c3cc4ccc(-c5cnn(C(C)C)c5)nc4n3CC3CC3)n(C)c12. The van der Waals surface area contributed by atoms with Crippen LogP contribution >= 0.6 is 0 Å². The molecule has 8 rings (SSSR count). The molecule has 3 unspecified atom stereocenters. The monoisotopic (exact) mass is 578 g/mol. The maximum absolute atomic E-state index is 13.7. The Balaban J connectivity index is 1.23. The Morgan fingerprint density at radius 2 is 1.95 bits per heavy atom. The molecular weight excluding hydrogens is 540 g/mol. The summed E-state index contributed by atoms with van der Waals surface area (Å²) in [7, 11) is 3.67. The van der Waals surface area contributed by atoms with Crippen LogP contribution in [0.25, 0.3) is 44.8 Å². The normalized spacial score (nSPS) is 21.6. The van der Waals surface area contributed by atoms with E-state index in [1.54, 1.807) is 7.11 Å². The second kappa shape index (κ2) is 9.67. The lowest BCUT2D eigenvalue weighted by Gasteiger charge is -2.27. The Morgan fingerprint density at radius 3 is 2.63 bits per heavy atom. The summed E-state index contributed by atoms with van der Waals surface area (Å²) in [6.45, 7) is 5.86. The van der Waals surface area contributed by atoms with Crippen LogP contribution < -0.4 is 10.5 Å². The minimum atomic E-state index is 0.00965. The number of ether oxygens (including phenoxy) is 1. The number of hydrogen-bond donors (Lipinski definition) is 1. The van der Waals surface area contributed by atoms with Crippen molar-refractivity contribution in [3.05, 3.63) is 48.3 Å². The van der Waals surface area contributed by atoms with E-state index in [-0.39, 0.29) is 24.0 Å². The van der Waals surface area contributed by atoms with E-state index < -0.39 is 0 Å². The maximum atomic E-state index is 13.7. The van der Waals surface area contributed by atoms with Crippen LogP contribution in [0.3, 0.4) is 0 Å². The molecule has 5 heterocycles. The number of hydrogen-bond acceptors (Lipinski definition) is 6. The summed E-state index contributed by atoms with van der Waals surface area (Å²) in [5, 5.41) is 5.60. The number of carbonyl (C=O) groups is 1. The average molecular weight is 579 g/mol. The van der Waals surface area contributed by atoms with Crippen molar-refractivity contribution in [3.8, 4) is 28.5 Å². The number of benzene rings is 1. The second-order valence-electron chi connectivity index (χ2n) is 13.0. The van der Waals surface area contributed by atoms with Crippen molar-refractivity contribution in [3.63, 3.8) is 0 Å². The van der Waals surface area contributed by atoms with Crippen molar-refractivity contribution in [2.24, 2.45) is 24.6 Å². The van der Waals surface area contributed by atoms with Crippen LogP contribution in [0.2, 0.25) is 0 Å². The zero-order valence-electron chi connectivity index (χ0n) is 25.2. The van der Waals surface area contributed by atoms with Crippen LogP contribution in [0.1, 0.15) is 55.9 Å². The molecule has 2 N–H and O–H groups in total. The highest BCUT2D eigenvalue weighted by Gasteiger charge is 2.47. The van der Waals surface area contributed by atoms with Gasteiger partial charge in [-0.3, -0.25) is 9.48 Å². The molecule has 1 aromatic carbocycles. The lowest BCUT2D eigenvalue weighted by atomic mass is 10.1. The third-order valence-corrected chi connectivity index (χ3v) is 9.85. The Labute approximate surface area is 250 Å². The van der Waals surface area contributed by atoms with E-state index >= 15 is 0 Å². The Bertz CT molecular complexity index is 1890. The number of amides is 1. The first-order valence-corrected chi connectivity index (χ1v) is 15.5. The van der Waals surface area contributed by atoms with Crippen LogP contribution in [0, 0.1) is 11.8 Å². The molecule has 0 spiro atoms. The smallest absolute Gasteiger partial charge is 0.254 e. The van der Waals surface area contributed by atoms with Crippen molar-refractivity contribution >= 4 is 28.0 Å². The Morgan fingerprint density at radius 1 is 1.12 bits per heavy atom. The molecule has 5 aromatic rings. The van der Waals surface area contributed by atoms with E-state index in [2.05, 4.69) is 52.5 Å². The first-order valence-electron chi connectivity index (χ1n) is 15.5. The number of likely N-dealkylation sites (tertiary alicyclic amines) is 1. The van der Waals surface area contributed by atoms with Gasteiger partial charge in [-0.2, -0.15) is 5.10 Å². The zero-order chi connectivity index (χ0) is 29.6. The van der Waals surface area contributed by atoms with Crippen LogP contribution in [0.4, 0.5) is 0 Å². The molecule has 2 aliphatic carbocycles. The van der Waals surface area contributed by atoms with Gasteiger partial charge in [0.05, 0.1) is 30.2 Å². The minimum absolute atomic E-state index is 0.00965. The molecule has 10 nitrogen and oxygen atoms in total. The fourth-order valence-corrected chi connectivity index (χ4v) is 7.24. The van der Waals surface area contributed by atoms with E-state index in [4.69, 9.17) is 20.4 Å². The standard InChI is InChI=1S/C33H38N8O2/c1-18(2)41-17-23(14-35-41)24-9-7-20-12-27(39(31(20)36-24)15-19-5-6-19)32-37-25-11-22(13-28(43-4)30(25)38(32)3)33(42)40-16-21-8-10-26(40)29(21)34/h7,9,11-14,17-19,21,26,29H,5-6,8,10,15-16,34H2,1-4H3. The van der Waals surface area contributed by atoms with Gasteiger partial charge in [0.25, 0.3) is 5.91 Å². The van der Waals surface area contributed by atoms with Crippen molar-refractivity contribution < 1.29 is 9.53 Å². The molecule has 1 aliphatic heterocycles. The topological polar surface area (TPSA) is 109 Å². The van der Waals surface area contributed by atoms with E-state index in [1.165, 1.54) is 12.8 Å². The highest BCUT2D eigenvalue weighted by Crippen LogP contribution is 2.40. The number of fused-ring (bicyclic) bond motifs is 4. The largest absolute Gasteiger partial charge is 0.494 e. The molecule has 1 amide bonds. The number of aryl methyl sites for hydroxylation is 1. The molecule has 4 aromatic heterocycles. The van der Waals surface area contributed by atoms with Gasteiger partial charge in [-0.1, -0.05) is 0 Å². The Kier molecular flexibility index (Phi) is 5.95. The molecule has 3 atom stereocenters. The molecule has 222 valence electrons. The van der Waals surface area contributed by atoms with Crippen LogP contribution in [-0.4, -0.2) is 65.4 Å². The van der Waals surface area contributed by atoms with Gasteiger partial charge in [-0.15, -0.1) is 0 Å². The molecule has 10 heteroatoms. The third kappa shape index (κ3) is 4.17. The number of nitrogens with two attached hydrogens (primary N) is 1. The quantitative estimate of drug-likeness (QED) is 0.291. The van der Waals surface area contributed by atoms with Gasteiger partial charge < -0.3 is 24.5 Å². The van der Waals surface area contributed by atoms with Gasteiger partial charge in [0.2, 0.25) is 0 Å². The number of aromatic nitrogens is 6. The van der Waals surface area contributed by atoms with Gasteiger partial charge >= 0.3 is 0 Å². The van der Waals surface area contributed by atoms with Gasteiger partial charge in [0.15, 0.2) is 5.82 Å². The van der Waals surface area contributed by atoms with E-state index in [0.29, 0.717) is 23.1 Å². The number of nitrogens with zero attached hydrogens (tertiary/aromatic N) is 7. The first kappa shape index (κ1) is 26.4. The summed E-state index contributed by atoms with van der Waals surface area (Å²) >= 11 is 0. The first-order chi connectivity index (χ1) is 20.8. The molecular formula is C33H38N8O2. The average Bonchev–Trinajstić information content (AvgIpc) is 3.34. The summed E-state index contributed by atoms with van der Waals surface area (Å²) in [4.78, 5) is 26.0. The van der Waals surface area contributed by atoms with E-state index in [1.807, 2.05) is 35.0 Å². The third-order valence-electron chi connectivity index (χ3n) is 9.85. The van der Waals surface area contributed by atoms with Gasteiger partial charge in [-0.05, 0) is 81.7 Å². The molecule has 3 fully saturated rings. The molecule has 0 radical (unpaired) electrons. The molecule has 43 heavy (non-hydrogen) atoms. The van der Waals surface area contributed by atoms with Gasteiger partial charge in [-0.25, -0.2) is 9.97 Å². The van der Waals surface area contributed by atoms with Crippen LogP contribution in [0.15, 0.2) is 42.7 Å². The van der Waals surface area contributed by atoms with Gasteiger partial charge in [0.1, 0.15) is 16.9 Å². The van der Waals surface area contributed by atoms with Crippen molar-refractivity contribution in [1.29, 1.82) is 0 Å². The Hall–Kier alpha value is -4.18.